The third-order valence-electron chi connectivity index (χ3n) is 3.18. The van der Waals surface area contributed by atoms with Crippen molar-refractivity contribution in [2.45, 2.75) is 32.9 Å². The minimum absolute atomic E-state index is 0.186. The lowest BCUT2D eigenvalue weighted by Gasteiger charge is -2.17. The van der Waals surface area contributed by atoms with Gasteiger partial charge in [-0.2, -0.15) is 0 Å². The highest BCUT2D eigenvalue weighted by atomic mass is 79.9. The average Bonchev–Trinajstić information content (AvgIpc) is 2.72. The molecule has 0 aromatic heterocycles. The number of hydrogen-bond acceptors (Lipinski definition) is 2. The summed E-state index contributed by atoms with van der Waals surface area (Å²) in [6.07, 6.45) is 0.852. The first-order valence-electron chi connectivity index (χ1n) is 6.68. The number of benzene rings is 1. The van der Waals surface area contributed by atoms with Gasteiger partial charge < -0.3 is 9.64 Å². The summed E-state index contributed by atoms with van der Waals surface area (Å²) in [6, 6.07) is 8.01. The first kappa shape index (κ1) is 14.4. The number of likely N-dealkylation sites (tertiary alicyclic amines) is 1. The van der Waals surface area contributed by atoms with Gasteiger partial charge in [0.1, 0.15) is 5.75 Å². The molecule has 0 N–H and O–H groups in total. The van der Waals surface area contributed by atoms with Crippen molar-refractivity contribution in [1.29, 1.82) is 0 Å². The quantitative estimate of drug-likeness (QED) is 0.778. The van der Waals surface area contributed by atoms with Gasteiger partial charge in [0, 0.05) is 24.8 Å². The lowest BCUT2D eigenvalue weighted by molar-refractivity contribution is -0.128. The van der Waals surface area contributed by atoms with Crippen LogP contribution in [0, 0.1) is 5.92 Å². The molecule has 1 aliphatic rings. The van der Waals surface area contributed by atoms with Gasteiger partial charge in [0.05, 0.1) is 6.10 Å². The van der Waals surface area contributed by atoms with Crippen LogP contribution in [0.5, 0.6) is 5.75 Å². The van der Waals surface area contributed by atoms with E-state index in [2.05, 4.69) is 15.9 Å². The molecule has 1 aromatic carbocycles. The van der Waals surface area contributed by atoms with Gasteiger partial charge in [0.25, 0.3) is 0 Å². The first-order chi connectivity index (χ1) is 9.08. The molecule has 1 aliphatic heterocycles. The van der Waals surface area contributed by atoms with E-state index in [9.17, 15) is 4.79 Å². The van der Waals surface area contributed by atoms with E-state index in [1.165, 1.54) is 0 Å². The van der Waals surface area contributed by atoms with Crippen LogP contribution in [-0.4, -0.2) is 28.8 Å². The van der Waals surface area contributed by atoms with Crippen molar-refractivity contribution in [3.63, 3.8) is 0 Å². The van der Waals surface area contributed by atoms with E-state index in [0.29, 0.717) is 18.9 Å². The molecular formula is C15H20BrNO2. The number of rotatable bonds is 5. The van der Waals surface area contributed by atoms with Gasteiger partial charge in [0.2, 0.25) is 5.91 Å². The molecule has 1 aromatic rings. The van der Waals surface area contributed by atoms with Crippen molar-refractivity contribution in [3.8, 4) is 5.75 Å². The summed E-state index contributed by atoms with van der Waals surface area (Å²) in [5.74, 6) is 1.59. The highest BCUT2D eigenvalue weighted by Crippen LogP contribution is 2.22. The number of alkyl halides is 1. The summed E-state index contributed by atoms with van der Waals surface area (Å²) < 4.78 is 5.61. The van der Waals surface area contributed by atoms with Crippen LogP contribution in [0.4, 0.5) is 0 Å². The topological polar surface area (TPSA) is 29.5 Å². The predicted octanol–water partition coefficient (Wildman–Crippen LogP) is 3.22. The van der Waals surface area contributed by atoms with E-state index in [4.69, 9.17) is 4.74 Å². The minimum atomic E-state index is 0.186. The van der Waals surface area contributed by atoms with Gasteiger partial charge in [-0.25, -0.2) is 0 Å². The number of carbonyl (C=O) groups excluding carboxylic acids is 1. The molecule has 0 aliphatic carbocycles. The lowest BCUT2D eigenvalue weighted by atomic mass is 10.2. The molecule has 0 saturated carbocycles. The van der Waals surface area contributed by atoms with Crippen LogP contribution in [0.1, 0.15) is 25.8 Å². The fraction of sp³-hybridized carbons (Fsp3) is 0.533. The van der Waals surface area contributed by atoms with Crippen LogP contribution in [0.3, 0.4) is 0 Å². The number of halogens is 1. The third-order valence-corrected chi connectivity index (χ3v) is 4.10. The second-order valence-electron chi connectivity index (χ2n) is 5.31. The van der Waals surface area contributed by atoms with Gasteiger partial charge in [0.15, 0.2) is 0 Å². The van der Waals surface area contributed by atoms with Crippen LogP contribution >= 0.6 is 15.9 Å². The summed E-state index contributed by atoms with van der Waals surface area (Å²) in [6.45, 7) is 5.58. The van der Waals surface area contributed by atoms with Gasteiger partial charge in [-0.1, -0.05) is 28.1 Å². The number of amides is 1. The fourth-order valence-corrected chi connectivity index (χ4v) is 2.71. The molecule has 1 saturated heterocycles. The van der Waals surface area contributed by atoms with Crippen molar-refractivity contribution < 1.29 is 9.53 Å². The van der Waals surface area contributed by atoms with Crippen molar-refractivity contribution in [2.75, 3.05) is 11.9 Å². The molecule has 1 heterocycles. The Bertz CT molecular complexity index is 430. The van der Waals surface area contributed by atoms with Crippen LogP contribution < -0.4 is 4.74 Å². The van der Waals surface area contributed by atoms with Crippen LogP contribution in [-0.2, 0) is 11.3 Å². The van der Waals surface area contributed by atoms with Crippen molar-refractivity contribution in [2.24, 2.45) is 5.92 Å². The zero-order valence-electron chi connectivity index (χ0n) is 11.4. The zero-order valence-corrected chi connectivity index (χ0v) is 13.0. The minimum Gasteiger partial charge on any atom is -0.491 e. The summed E-state index contributed by atoms with van der Waals surface area (Å²) >= 11 is 3.45. The molecular weight excluding hydrogens is 306 g/mol. The molecule has 1 unspecified atom stereocenters. The van der Waals surface area contributed by atoms with Gasteiger partial charge in [-0.3, -0.25) is 4.79 Å². The predicted molar refractivity (Wildman–Crippen MR) is 79.5 cm³/mol. The Balaban J connectivity index is 1.94. The van der Waals surface area contributed by atoms with E-state index in [0.717, 1.165) is 23.2 Å². The van der Waals surface area contributed by atoms with E-state index in [1.807, 2.05) is 43.0 Å². The molecule has 1 fully saturated rings. The molecule has 1 amide bonds. The molecule has 19 heavy (non-hydrogen) atoms. The van der Waals surface area contributed by atoms with Crippen molar-refractivity contribution >= 4 is 21.8 Å². The largest absolute Gasteiger partial charge is 0.491 e. The number of nitrogens with zero attached hydrogens (tertiary/aromatic N) is 1. The van der Waals surface area contributed by atoms with Crippen molar-refractivity contribution in [3.05, 3.63) is 29.8 Å². The molecule has 3 nitrogen and oxygen atoms in total. The smallest absolute Gasteiger partial charge is 0.223 e. The summed E-state index contributed by atoms with van der Waals surface area (Å²) in [5.41, 5.74) is 1.15. The Morgan fingerprint density at radius 1 is 1.37 bits per heavy atom. The van der Waals surface area contributed by atoms with E-state index in [1.54, 1.807) is 0 Å². The average molecular weight is 326 g/mol. The highest BCUT2D eigenvalue weighted by molar-refractivity contribution is 9.09. The normalized spacial score (nSPS) is 19.3. The summed E-state index contributed by atoms with van der Waals surface area (Å²) in [7, 11) is 0. The molecule has 2 rings (SSSR count). The van der Waals surface area contributed by atoms with E-state index < -0.39 is 0 Å². The molecule has 1 atom stereocenters. The SMILES string of the molecule is CC(C)Oc1ccc(CN2CC(CBr)CC2=O)cc1. The molecule has 4 heteroatoms. The van der Waals surface area contributed by atoms with Gasteiger partial charge in [-0.05, 0) is 37.5 Å². The third kappa shape index (κ3) is 3.96. The molecule has 0 spiro atoms. The maximum absolute atomic E-state index is 11.8. The number of hydrogen-bond donors (Lipinski definition) is 0. The van der Waals surface area contributed by atoms with Crippen LogP contribution in [0.25, 0.3) is 0 Å². The summed E-state index contributed by atoms with van der Waals surface area (Å²) in [4.78, 5) is 13.8. The fourth-order valence-electron chi connectivity index (χ4n) is 2.28. The Kier molecular flexibility index (Phi) is 4.86. The second kappa shape index (κ2) is 6.42. The van der Waals surface area contributed by atoms with E-state index >= 15 is 0 Å². The van der Waals surface area contributed by atoms with Gasteiger partial charge in [-0.15, -0.1) is 0 Å². The Morgan fingerprint density at radius 3 is 2.58 bits per heavy atom. The van der Waals surface area contributed by atoms with Crippen LogP contribution in [0.15, 0.2) is 24.3 Å². The highest BCUT2D eigenvalue weighted by Gasteiger charge is 2.28. The monoisotopic (exact) mass is 325 g/mol. The van der Waals surface area contributed by atoms with Gasteiger partial charge >= 0.3 is 0 Å². The maximum atomic E-state index is 11.8. The summed E-state index contributed by atoms with van der Waals surface area (Å²) in [5, 5.41) is 0.899. The zero-order chi connectivity index (χ0) is 13.8. The number of carbonyl (C=O) groups is 1. The number of ether oxygens (including phenoxy) is 1. The van der Waals surface area contributed by atoms with Crippen molar-refractivity contribution in [1.82, 2.24) is 4.90 Å². The Morgan fingerprint density at radius 2 is 2.05 bits per heavy atom. The second-order valence-corrected chi connectivity index (χ2v) is 5.96. The Labute approximate surface area is 123 Å². The molecule has 0 bridgehead atoms. The Hall–Kier alpha value is -1.03. The standard InChI is InChI=1S/C15H20BrNO2/c1-11(2)19-14-5-3-12(4-6-14)9-17-10-13(8-16)7-15(17)18/h3-6,11,13H,7-10H2,1-2H3. The maximum Gasteiger partial charge on any atom is 0.223 e. The molecule has 104 valence electrons. The molecule has 0 radical (unpaired) electrons. The van der Waals surface area contributed by atoms with Crippen LogP contribution in [0.2, 0.25) is 0 Å². The lowest BCUT2D eigenvalue weighted by Crippen LogP contribution is -2.24. The first-order valence-corrected chi connectivity index (χ1v) is 7.80. The van der Waals surface area contributed by atoms with E-state index in [-0.39, 0.29) is 12.0 Å².